The van der Waals surface area contributed by atoms with Crippen LogP contribution >= 0.6 is 11.6 Å². The van der Waals surface area contributed by atoms with Gasteiger partial charge in [-0.25, -0.2) is 8.42 Å². The maximum Gasteiger partial charge on any atom is 0.264 e. The van der Waals surface area contributed by atoms with Crippen LogP contribution in [0.2, 0.25) is 5.02 Å². The third-order valence-electron chi connectivity index (χ3n) is 6.04. The van der Waals surface area contributed by atoms with Gasteiger partial charge in [-0.2, -0.15) is 0 Å². The second-order valence-electron chi connectivity index (χ2n) is 8.54. The number of carbonyl (C=O) groups excluding carboxylic acids is 2. The van der Waals surface area contributed by atoms with Crippen LogP contribution in [0.15, 0.2) is 77.7 Å². The van der Waals surface area contributed by atoms with Crippen LogP contribution in [0, 0.1) is 13.8 Å². The molecule has 9 heteroatoms. The van der Waals surface area contributed by atoms with E-state index in [1.165, 1.54) is 24.1 Å². The van der Waals surface area contributed by atoms with Gasteiger partial charge in [-0.1, -0.05) is 48.0 Å². The molecule has 190 valence electrons. The minimum absolute atomic E-state index is 0.0665. The lowest BCUT2D eigenvalue weighted by Gasteiger charge is -2.32. The topological polar surface area (TPSA) is 86.8 Å². The lowest BCUT2D eigenvalue weighted by Crippen LogP contribution is -2.50. The number of anilines is 1. The Morgan fingerprint density at radius 1 is 0.944 bits per heavy atom. The Labute approximate surface area is 217 Å². The highest BCUT2D eigenvalue weighted by atomic mass is 35.5. The molecular formula is C27H30ClN3O4S. The fourth-order valence-electron chi connectivity index (χ4n) is 3.75. The number of nitrogens with zero attached hydrogens (tertiary/aromatic N) is 2. The minimum atomic E-state index is -4.08. The number of hydrogen-bond acceptors (Lipinski definition) is 4. The van der Waals surface area contributed by atoms with Crippen molar-refractivity contribution in [3.05, 3.63) is 94.5 Å². The molecule has 2 amide bonds. The normalized spacial score (nSPS) is 12.0. The van der Waals surface area contributed by atoms with Crippen molar-refractivity contribution >= 4 is 39.1 Å². The summed E-state index contributed by atoms with van der Waals surface area (Å²) in [5.74, 6) is -0.891. The van der Waals surface area contributed by atoms with Gasteiger partial charge in [0.2, 0.25) is 11.8 Å². The third kappa shape index (κ3) is 6.25. The summed E-state index contributed by atoms with van der Waals surface area (Å²) in [5, 5.41) is 3.06. The summed E-state index contributed by atoms with van der Waals surface area (Å²) in [6.45, 7) is 5.01. The summed E-state index contributed by atoms with van der Waals surface area (Å²) in [6.07, 6.45) is 0. The lowest BCUT2D eigenvalue weighted by molar-refractivity contribution is -0.139. The molecule has 0 saturated heterocycles. The quantitative estimate of drug-likeness (QED) is 0.449. The molecule has 1 N–H and O–H groups in total. The second-order valence-corrected chi connectivity index (χ2v) is 10.8. The first-order valence-electron chi connectivity index (χ1n) is 11.4. The van der Waals surface area contributed by atoms with Gasteiger partial charge in [0.05, 0.1) is 10.6 Å². The number of sulfonamides is 1. The Morgan fingerprint density at radius 2 is 1.64 bits per heavy atom. The number of likely N-dealkylation sites (N-methyl/N-ethyl adjacent to an activating group) is 1. The van der Waals surface area contributed by atoms with Gasteiger partial charge in [-0.05, 0) is 73.9 Å². The van der Waals surface area contributed by atoms with E-state index in [0.717, 1.165) is 21.0 Å². The van der Waals surface area contributed by atoms with Crippen molar-refractivity contribution in [3.8, 4) is 0 Å². The Kier molecular flexibility index (Phi) is 8.76. The Bertz CT molecular complexity index is 1350. The van der Waals surface area contributed by atoms with Gasteiger partial charge in [0.15, 0.2) is 0 Å². The summed E-state index contributed by atoms with van der Waals surface area (Å²) in [7, 11) is -2.59. The molecule has 1 atom stereocenters. The van der Waals surface area contributed by atoms with Crippen LogP contribution in [-0.2, 0) is 26.2 Å². The summed E-state index contributed by atoms with van der Waals surface area (Å²) in [5.41, 5.74) is 2.97. The molecule has 36 heavy (non-hydrogen) atoms. The van der Waals surface area contributed by atoms with Crippen molar-refractivity contribution in [2.75, 3.05) is 17.9 Å². The van der Waals surface area contributed by atoms with Gasteiger partial charge in [-0.3, -0.25) is 13.9 Å². The van der Waals surface area contributed by atoms with Crippen LogP contribution in [0.3, 0.4) is 0 Å². The van der Waals surface area contributed by atoms with E-state index in [2.05, 4.69) is 5.32 Å². The highest BCUT2D eigenvalue weighted by Gasteiger charge is 2.32. The van der Waals surface area contributed by atoms with Crippen molar-refractivity contribution in [2.45, 2.75) is 38.3 Å². The van der Waals surface area contributed by atoms with Gasteiger partial charge in [0.25, 0.3) is 10.0 Å². The standard InChI is InChI=1S/C27H30ClN3O4S/c1-19-13-14-24(15-20(19)2)31(36(34,35)25-11-6-5-7-12-25)18-26(32)30(21(3)27(33)29-4)17-22-9-8-10-23(28)16-22/h5-16,21H,17-18H2,1-4H3,(H,29,33)/t21-/m1/s1. The second kappa shape index (κ2) is 11.6. The van der Waals surface area contributed by atoms with E-state index in [0.29, 0.717) is 10.7 Å². The molecule has 0 aliphatic heterocycles. The monoisotopic (exact) mass is 527 g/mol. The highest BCUT2D eigenvalue weighted by Crippen LogP contribution is 2.26. The van der Waals surface area contributed by atoms with Gasteiger partial charge >= 0.3 is 0 Å². The largest absolute Gasteiger partial charge is 0.357 e. The van der Waals surface area contributed by atoms with Crippen LogP contribution in [0.4, 0.5) is 5.69 Å². The first kappa shape index (κ1) is 27.2. The van der Waals surface area contributed by atoms with Crippen molar-refractivity contribution in [1.29, 1.82) is 0 Å². The number of amides is 2. The molecule has 0 aromatic heterocycles. The number of nitrogens with one attached hydrogen (secondary N) is 1. The smallest absolute Gasteiger partial charge is 0.264 e. The average molecular weight is 528 g/mol. The molecule has 0 heterocycles. The van der Waals surface area contributed by atoms with E-state index < -0.39 is 28.5 Å². The fourth-order valence-corrected chi connectivity index (χ4v) is 5.39. The Balaban J connectivity index is 2.05. The minimum Gasteiger partial charge on any atom is -0.357 e. The molecule has 3 aromatic carbocycles. The highest BCUT2D eigenvalue weighted by molar-refractivity contribution is 7.92. The number of benzene rings is 3. The van der Waals surface area contributed by atoms with Crippen molar-refractivity contribution in [2.24, 2.45) is 0 Å². The SMILES string of the molecule is CNC(=O)[C@@H](C)N(Cc1cccc(Cl)c1)C(=O)CN(c1ccc(C)c(C)c1)S(=O)(=O)c1ccccc1. The first-order chi connectivity index (χ1) is 17.0. The molecule has 3 rings (SSSR count). The van der Waals surface area contributed by atoms with E-state index in [-0.39, 0.29) is 17.3 Å². The van der Waals surface area contributed by atoms with Crippen LogP contribution in [0.25, 0.3) is 0 Å². The fraction of sp³-hybridized carbons (Fsp3) is 0.259. The Morgan fingerprint density at radius 3 is 2.25 bits per heavy atom. The van der Waals surface area contributed by atoms with Crippen LogP contribution < -0.4 is 9.62 Å². The number of halogens is 1. The predicted octanol–water partition coefficient (Wildman–Crippen LogP) is 4.32. The number of hydrogen-bond donors (Lipinski definition) is 1. The molecule has 0 unspecified atom stereocenters. The summed E-state index contributed by atoms with van der Waals surface area (Å²) < 4.78 is 28.5. The molecule has 0 bridgehead atoms. The van der Waals surface area contributed by atoms with Gasteiger partial charge < -0.3 is 10.2 Å². The van der Waals surface area contributed by atoms with Gasteiger partial charge in [0, 0.05) is 18.6 Å². The molecule has 0 saturated carbocycles. The maximum atomic E-state index is 13.7. The van der Waals surface area contributed by atoms with E-state index in [1.54, 1.807) is 61.5 Å². The first-order valence-corrected chi connectivity index (χ1v) is 13.3. The molecule has 0 spiro atoms. The number of aryl methyl sites for hydroxylation is 2. The third-order valence-corrected chi connectivity index (χ3v) is 8.07. The summed E-state index contributed by atoms with van der Waals surface area (Å²) in [6, 6.07) is 19.3. The zero-order valence-corrected chi connectivity index (χ0v) is 22.3. The van der Waals surface area contributed by atoms with E-state index in [4.69, 9.17) is 11.6 Å². The molecule has 0 aliphatic rings. The predicted molar refractivity (Wildman–Crippen MR) is 142 cm³/mol. The zero-order chi connectivity index (χ0) is 26.5. The van der Waals surface area contributed by atoms with E-state index in [9.17, 15) is 18.0 Å². The van der Waals surface area contributed by atoms with E-state index >= 15 is 0 Å². The van der Waals surface area contributed by atoms with Crippen molar-refractivity contribution in [3.63, 3.8) is 0 Å². The number of carbonyl (C=O) groups is 2. The molecule has 0 aliphatic carbocycles. The molecule has 3 aromatic rings. The maximum absolute atomic E-state index is 13.7. The molecule has 0 fully saturated rings. The van der Waals surface area contributed by atoms with Crippen LogP contribution in [0.5, 0.6) is 0 Å². The van der Waals surface area contributed by atoms with Crippen molar-refractivity contribution in [1.82, 2.24) is 10.2 Å². The summed E-state index contributed by atoms with van der Waals surface area (Å²) in [4.78, 5) is 27.6. The van der Waals surface area contributed by atoms with Crippen molar-refractivity contribution < 1.29 is 18.0 Å². The van der Waals surface area contributed by atoms with E-state index in [1.807, 2.05) is 19.9 Å². The summed E-state index contributed by atoms with van der Waals surface area (Å²) >= 11 is 6.13. The molecule has 0 radical (unpaired) electrons. The molecule has 7 nitrogen and oxygen atoms in total. The Hall–Kier alpha value is -3.36. The molecular weight excluding hydrogens is 498 g/mol. The van der Waals surface area contributed by atoms with Crippen LogP contribution in [0.1, 0.15) is 23.6 Å². The number of rotatable bonds is 9. The van der Waals surface area contributed by atoms with Crippen LogP contribution in [-0.4, -0.2) is 44.8 Å². The van der Waals surface area contributed by atoms with Gasteiger partial charge in [-0.15, -0.1) is 0 Å². The van der Waals surface area contributed by atoms with Gasteiger partial charge in [0.1, 0.15) is 12.6 Å². The lowest BCUT2D eigenvalue weighted by atomic mass is 10.1. The average Bonchev–Trinajstić information content (AvgIpc) is 2.87. The zero-order valence-electron chi connectivity index (χ0n) is 20.7.